The van der Waals surface area contributed by atoms with Gasteiger partial charge in [0.2, 0.25) is 0 Å². The van der Waals surface area contributed by atoms with Crippen LogP contribution in [-0.4, -0.2) is 100 Å². The molecule has 0 radical (unpaired) electrons. The molecule has 0 aromatic heterocycles. The van der Waals surface area contributed by atoms with Crippen LogP contribution in [0.3, 0.4) is 0 Å². The smallest absolute Gasteiger partial charge is 0.191 e. The lowest BCUT2D eigenvalue weighted by atomic mass is 9.80. The van der Waals surface area contributed by atoms with Crippen LogP contribution in [0.1, 0.15) is 51.9 Å². The average molecular weight is 538 g/mol. The van der Waals surface area contributed by atoms with E-state index in [1.54, 1.807) is 0 Å². The van der Waals surface area contributed by atoms with E-state index in [1.165, 1.54) is 32.1 Å². The second-order valence-electron chi connectivity index (χ2n) is 9.16. The summed E-state index contributed by atoms with van der Waals surface area (Å²) in [5.74, 6) is 0.957. The first-order chi connectivity index (χ1) is 14.1. The van der Waals surface area contributed by atoms with Gasteiger partial charge in [-0.1, -0.05) is 19.3 Å². The Labute approximate surface area is 200 Å². The summed E-state index contributed by atoms with van der Waals surface area (Å²) in [6.45, 7) is 10.3. The molecule has 2 aliphatic heterocycles. The topological polar surface area (TPSA) is 61.4 Å². The second kappa shape index (κ2) is 12.8. The van der Waals surface area contributed by atoms with Crippen LogP contribution in [0.25, 0.3) is 0 Å². The van der Waals surface area contributed by atoms with E-state index >= 15 is 0 Å². The van der Waals surface area contributed by atoms with E-state index in [9.17, 15) is 0 Å². The molecule has 0 spiro atoms. The number of nitrogens with one attached hydrogen (secondary N) is 2. The first-order valence-electron chi connectivity index (χ1n) is 11.7. The maximum absolute atomic E-state index is 5.62. The van der Waals surface area contributed by atoms with E-state index in [4.69, 9.17) is 14.5 Å². The highest BCUT2D eigenvalue weighted by Gasteiger charge is 2.39. The zero-order valence-corrected chi connectivity index (χ0v) is 21.7. The summed E-state index contributed by atoms with van der Waals surface area (Å²) in [7, 11) is 4.37. The van der Waals surface area contributed by atoms with Crippen LogP contribution >= 0.6 is 24.0 Å². The molecule has 0 unspecified atom stereocenters. The Balaban J connectivity index is 0.00000320. The maximum atomic E-state index is 5.62. The van der Waals surface area contributed by atoms with Gasteiger partial charge in [-0.3, -0.25) is 9.89 Å². The van der Waals surface area contributed by atoms with Crippen molar-refractivity contribution >= 4 is 29.9 Å². The molecule has 176 valence electrons. The van der Waals surface area contributed by atoms with Gasteiger partial charge in [-0.15, -0.1) is 24.0 Å². The van der Waals surface area contributed by atoms with E-state index in [1.807, 2.05) is 0 Å². The number of guanidine groups is 1. The standard InChI is InChI=1S/C22H43N5O2.HI/c1-4-23-20(24-18-21(26(2)3)10-14-28-15-11-21)25-19-22(8-6-5-7-9-22)27-12-16-29-17-13-27;/h4-19H2,1-3H3,(H2,23,24,25);1H. The van der Waals surface area contributed by atoms with Crippen LogP contribution in [0.15, 0.2) is 4.99 Å². The van der Waals surface area contributed by atoms with Crippen molar-refractivity contribution in [3.8, 4) is 0 Å². The van der Waals surface area contributed by atoms with Gasteiger partial charge in [0.1, 0.15) is 0 Å². The van der Waals surface area contributed by atoms with Gasteiger partial charge < -0.3 is 25.0 Å². The first-order valence-corrected chi connectivity index (χ1v) is 11.7. The fourth-order valence-corrected chi connectivity index (χ4v) is 5.17. The summed E-state index contributed by atoms with van der Waals surface area (Å²) in [6.07, 6.45) is 8.64. The van der Waals surface area contributed by atoms with E-state index in [2.05, 4.69) is 41.5 Å². The number of rotatable bonds is 7. The van der Waals surface area contributed by atoms with Gasteiger partial charge in [0.15, 0.2) is 5.96 Å². The molecule has 0 aromatic carbocycles. The van der Waals surface area contributed by atoms with Crippen molar-refractivity contribution in [1.82, 2.24) is 20.4 Å². The van der Waals surface area contributed by atoms with Crippen molar-refractivity contribution in [2.24, 2.45) is 4.99 Å². The molecule has 0 atom stereocenters. The van der Waals surface area contributed by atoms with E-state index in [0.29, 0.717) is 0 Å². The molecule has 1 saturated carbocycles. The van der Waals surface area contributed by atoms with Crippen LogP contribution in [0, 0.1) is 0 Å². The minimum atomic E-state index is 0. The number of ether oxygens (including phenoxy) is 2. The van der Waals surface area contributed by atoms with Crippen molar-refractivity contribution in [1.29, 1.82) is 0 Å². The molecule has 0 aromatic rings. The summed E-state index contributed by atoms with van der Waals surface area (Å²) in [5, 5.41) is 7.15. The normalized spacial score (nSPS) is 24.9. The molecule has 0 amide bonds. The van der Waals surface area contributed by atoms with Crippen LogP contribution in [-0.2, 0) is 9.47 Å². The molecule has 30 heavy (non-hydrogen) atoms. The van der Waals surface area contributed by atoms with Gasteiger partial charge in [-0.2, -0.15) is 0 Å². The van der Waals surface area contributed by atoms with E-state index in [-0.39, 0.29) is 35.1 Å². The molecule has 3 aliphatic rings. The van der Waals surface area contributed by atoms with Gasteiger partial charge in [0.25, 0.3) is 0 Å². The summed E-state index contributed by atoms with van der Waals surface area (Å²) in [5.41, 5.74) is 0.351. The molecule has 2 saturated heterocycles. The van der Waals surface area contributed by atoms with E-state index in [0.717, 1.165) is 78.0 Å². The third-order valence-electron chi connectivity index (χ3n) is 7.30. The average Bonchev–Trinajstić information content (AvgIpc) is 2.77. The van der Waals surface area contributed by atoms with Gasteiger partial charge in [0.05, 0.1) is 19.8 Å². The number of halogens is 1. The third-order valence-corrected chi connectivity index (χ3v) is 7.30. The van der Waals surface area contributed by atoms with Crippen LogP contribution in [0.4, 0.5) is 0 Å². The number of aliphatic imine (C=N–C) groups is 1. The number of morpholine rings is 1. The minimum Gasteiger partial charge on any atom is -0.381 e. The van der Waals surface area contributed by atoms with Gasteiger partial charge >= 0.3 is 0 Å². The van der Waals surface area contributed by atoms with Crippen LogP contribution in [0.2, 0.25) is 0 Å². The predicted octanol–water partition coefficient (Wildman–Crippen LogP) is 2.31. The number of hydrogen-bond donors (Lipinski definition) is 2. The first kappa shape index (κ1) is 26.1. The molecule has 8 heteroatoms. The lowest BCUT2D eigenvalue weighted by Gasteiger charge is -2.47. The SMILES string of the molecule is CCNC(=NCC1(N2CCOCC2)CCCCC1)NCC1(N(C)C)CCOCC1.I. The quantitative estimate of drug-likeness (QED) is 0.296. The summed E-state index contributed by atoms with van der Waals surface area (Å²) in [4.78, 5) is 10.2. The molecule has 3 rings (SSSR count). The summed E-state index contributed by atoms with van der Waals surface area (Å²) < 4.78 is 11.2. The summed E-state index contributed by atoms with van der Waals surface area (Å²) in [6, 6.07) is 0. The number of likely N-dealkylation sites (N-methyl/N-ethyl adjacent to an activating group) is 1. The number of hydrogen-bond acceptors (Lipinski definition) is 5. The Bertz CT molecular complexity index is 514. The van der Waals surface area contributed by atoms with Gasteiger partial charge in [0, 0.05) is 50.5 Å². The van der Waals surface area contributed by atoms with Gasteiger partial charge in [-0.05, 0) is 46.7 Å². The molecular formula is C22H44IN5O2. The number of nitrogens with zero attached hydrogens (tertiary/aromatic N) is 3. The largest absolute Gasteiger partial charge is 0.381 e. The highest BCUT2D eigenvalue weighted by molar-refractivity contribution is 14.0. The zero-order chi connectivity index (χ0) is 20.6. The lowest BCUT2D eigenvalue weighted by molar-refractivity contribution is -0.0333. The Kier molecular flexibility index (Phi) is 11.1. The van der Waals surface area contributed by atoms with Crippen molar-refractivity contribution in [2.75, 3.05) is 73.2 Å². The maximum Gasteiger partial charge on any atom is 0.191 e. The van der Waals surface area contributed by atoms with Crippen molar-refractivity contribution in [3.63, 3.8) is 0 Å². The fourth-order valence-electron chi connectivity index (χ4n) is 5.17. The van der Waals surface area contributed by atoms with Crippen molar-refractivity contribution in [2.45, 2.75) is 62.9 Å². The molecule has 2 N–H and O–H groups in total. The lowest BCUT2D eigenvalue weighted by Crippen LogP contribution is -2.58. The van der Waals surface area contributed by atoms with E-state index < -0.39 is 0 Å². The van der Waals surface area contributed by atoms with Crippen molar-refractivity contribution in [3.05, 3.63) is 0 Å². The van der Waals surface area contributed by atoms with Gasteiger partial charge in [-0.25, -0.2) is 0 Å². The molecule has 1 aliphatic carbocycles. The second-order valence-corrected chi connectivity index (χ2v) is 9.16. The summed E-state index contributed by atoms with van der Waals surface area (Å²) >= 11 is 0. The Hall–Kier alpha value is -0.160. The van der Waals surface area contributed by atoms with Crippen LogP contribution in [0.5, 0.6) is 0 Å². The monoisotopic (exact) mass is 537 g/mol. The Morgan fingerprint density at radius 3 is 2.17 bits per heavy atom. The zero-order valence-electron chi connectivity index (χ0n) is 19.4. The molecule has 0 bridgehead atoms. The molecule has 3 fully saturated rings. The van der Waals surface area contributed by atoms with Crippen LogP contribution < -0.4 is 10.6 Å². The highest BCUT2D eigenvalue weighted by atomic mass is 127. The Morgan fingerprint density at radius 1 is 0.933 bits per heavy atom. The fraction of sp³-hybridized carbons (Fsp3) is 0.955. The predicted molar refractivity (Wildman–Crippen MR) is 134 cm³/mol. The molecular weight excluding hydrogens is 493 g/mol. The molecule has 2 heterocycles. The minimum absolute atomic E-state index is 0. The Morgan fingerprint density at radius 2 is 1.57 bits per heavy atom. The molecule has 7 nitrogen and oxygen atoms in total. The van der Waals surface area contributed by atoms with Crippen molar-refractivity contribution < 1.29 is 9.47 Å². The highest BCUT2D eigenvalue weighted by Crippen LogP contribution is 2.34. The third kappa shape index (κ3) is 6.67.